The van der Waals surface area contributed by atoms with Crippen LogP contribution in [0.25, 0.3) is 0 Å². The Morgan fingerprint density at radius 2 is 2.00 bits per heavy atom. The molecule has 0 saturated carbocycles. The van der Waals surface area contributed by atoms with E-state index in [1.807, 2.05) is 6.08 Å². The van der Waals surface area contributed by atoms with E-state index in [-0.39, 0.29) is 0 Å². The fourth-order valence-corrected chi connectivity index (χ4v) is 3.80. The summed E-state index contributed by atoms with van der Waals surface area (Å²) in [6, 6.07) is 0. The molecule has 2 rings (SSSR count). The fourth-order valence-electron chi connectivity index (χ4n) is 3.80. The van der Waals surface area contributed by atoms with Gasteiger partial charge in [0, 0.05) is 6.54 Å². The van der Waals surface area contributed by atoms with Gasteiger partial charge < -0.3 is 15.1 Å². The predicted octanol–water partition coefficient (Wildman–Crippen LogP) is 4.45. The van der Waals surface area contributed by atoms with Gasteiger partial charge in [-0.3, -0.25) is 0 Å². The third kappa shape index (κ3) is 5.93. The van der Waals surface area contributed by atoms with Crippen molar-refractivity contribution < 1.29 is 0 Å². The molecule has 0 bridgehead atoms. The molecule has 0 radical (unpaired) electrons. The van der Waals surface area contributed by atoms with Gasteiger partial charge in [-0.05, 0) is 71.2 Å². The summed E-state index contributed by atoms with van der Waals surface area (Å²) >= 11 is 0. The summed E-state index contributed by atoms with van der Waals surface area (Å²) in [6.45, 7) is 17.8. The van der Waals surface area contributed by atoms with Crippen LogP contribution < -0.4 is 5.32 Å². The molecule has 0 atom stereocenters. The van der Waals surface area contributed by atoms with Crippen molar-refractivity contribution in [1.82, 2.24) is 15.1 Å². The van der Waals surface area contributed by atoms with Crippen LogP contribution in [0.2, 0.25) is 0 Å². The standard InChI is InChI=1S/C22H35N3/c1-5-9-20(7-3)17-21-11-15-24(16-12-21)13-8-14-25-18-23-19(4)22(25)10-6-2/h5-7,9-10,21,23H,2,4,8,11-18H2,1,3H3/b9-5-,20-7+,22-10+. The molecule has 3 nitrogen and oxygen atoms in total. The zero-order valence-corrected chi connectivity index (χ0v) is 16.1. The van der Waals surface area contributed by atoms with Crippen molar-refractivity contribution in [1.29, 1.82) is 0 Å². The summed E-state index contributed by atoms with van der Waals surface area (Å²) in [5, 5.41) is 3.32. The number of piperidine rings is 1. The highest BCUT2D eigenvalue weighted by Gasteiger charge is 2.21. The average Bonchev–Trinajstić information content (AvgIpc) is 2.97. The van der Waals surface area contributed by atoms with Gasteiger partial charge in [0.25, 0.3) is 0 Å². The van der Waals surface area contributed by atoms with Gasteiger partial charge in [-0.15, -0.1) is 0 Å². The van der Waals surface area contributed by atoms with Gasteiger partial charge in [-0.1, -0.05) is 43.0 Å². The van der Waals surface area contributed by atoms with Crippen molar-refractivity contribution in [2.24, 2.45) is 5.92 Å². The van der Waals surface area contributed by atoms with E-state index in [0.29, 0.717) is 0 Å². The Balaban J connectivity index is 1.68. The Kier molecular flexibility index (Phi) is 8.07. The summed E-state index contributed by atoms with van der Waals surface area (Å²) in [6.07, 6.45) is 15.7. The van der Waals surface area contributed by atoms with Crippen LogP contribution in [0.3, 0.4) is 0 Å². The molecule has 1 N–H and O–H groups in total. The van der Waals surface area contributed by atoms with Crippen LogP contribution in [0.5, 0.6) is 0 Å². The van der Waals surface area contributed by atoms with Crippen molar-refractivity contribution >= 4 is 0 Å². The molecule has 0 aromatic carbocycles. The Morgan fingerprint density at radius 1 is 1.24 bits per heavy atom. The van der Waals surface area contributed by atoms with Gasteiger partial charge in [0.1, 0.15) is 0 Å². The van der Waals surface area contributed by atoms with Crippen LogP contribution in [0.15, 0.2) is 60.5 Å². The van der Waals surface area contributed by atoms with Crippen molar-refractivity contribution in [2.45, 2.75) is 39.5 Å². The molecule has 25 heavy (non-hydrogen) atoms. The fraction of sp³-hybridized carbons (Fsp3) is 0.545. The van der Waals surface area contributed by atoms with Gasteiger partial charge in [0.15, 0.2) is 0 Å². The van der Waals surface area contributed by atoms with Gasteiger partial charge in [-0.2, -0.15) is 0 Å². The van der Waals surface area contributed by atoms with Crippen LogP contribution in [0.1, 0.15) is 39.5 Å². The Labute approximate surface area is 154 Å². The lowest BCUT2D eigenvalue weighted by atomic mass is 9.89. The molecule has 2 saturated heterocycles. The maximum atomic E-state index is 4.07. The number of nitrogens with zero attached hydrogens (tertiary/aromatic N) is 2. The van der Waals surface area contributed by atoms with E-state index < -0.39 is 0 Å². The summed E-state index contributed by atoms with van der Waals surface area (Å²) in [5.41, 5.74) is 3.70. The number of allylic oxidation sites excluding steroid dienone is 6. The first-order valence-corrected chi connectivity index (χ1v) is 9.69. The first kappa shape index (κ1) is 19.6. The average molecular weight is 342 g/mol. The molecule has 0 aromatic heterocycles. The highest BCUT2D eigenvalue weighted by Crippen LogP contribution is 2.25. The minimum atomic E-state index is 0.854. The molecule has 2 fully saturated rings. The molecule has 2 aliphatic rings. The van der Waals surface area contributed by atoms with Gasteiger partial charge in [-0.25, -0.2) is 0 Å². The number of hydrogen-bond donors (Lipinski definition) is 1. The topological polar surface area (TPSA) is 18.5 Å². The van der Waals surface area contributed by atoms with Crippen molar-refractivity contribution in [3.63, 3.8) is 0 Å². The number of rotatable bonds is 8. The maximum Gasteiger partial charge on any atom is 0.0877 e. The van der Waals surface area contributed by atoms with E-state index in [4.69, 9.17) is 0 Å². The van der Waals surface area contributed by atoms with Crippen molar-refractivity contribution in [3.8, 4) is 0 Å². The van der Waals surface area contributed by atoms with E-state index in [9.17, 15) is 0 Å². The second-order valence-corrected chi connectivity index (χ2v) is 7.07. The van der Waals surface area contributed by atoms with Crippen molar-refractivity contribution in [3.05, 3.63) is 60.5 Å². The molecule has 2 aliphatic heterocycles. The smallest absolute Gasteiger partial charge is 0.0877 e. The summed E-state index contributed by atoms with van der Waals surface area (Å²) in [5.74, 6) is 0.854. The van der Waals surface area contributed by atoms with Crippen LogP contribution in [0, 0.1) is 5.92 Å². The first-order valence-electron chi connectivity index (χ1n) is 9.69. The molecular formula is C22H35N3. The van der Waals surface area contributed by atoms with E-state index in [0.717, 1.165) is 24.8 Å². The Hall–Kier alpha value is -1.74. The first-order chi connectivity index (χ1) is 12.2. The molecule has 0 amide bonds. The van der Waals surface area contributed by atoms with E-state index >= 15 is 0 Å². The third-order valence-electron chi connectivity index (χ3n) is 5.29. The Bertz CT molecular complexity index is 533. The van der Waals surface area contributed by atoms with Crippen LogP contribution in [-0.2, 0) is 0 Å². The van der Waals surface area contributed by atoms with Gasteiger partial charge in [0.05, 0.1) is 18.1 Å². The molecule has 3 heteroatoms. The summed E-state index contributed by atoms with van der Waals surface area (Å²) in [4.78, 5) is 5.00. The minimum Gasteiger partial charge on any atom is -0.367 e. The molecular weight excluding hydrogens is 306 g/mol. The zero-order valence-electron chi connectivity index (χ0n) is 16.1. The Morgan fingerprint density at radius 3 is 2.64 bits per heavy atom. The van der Waals surface area contributed by atoms with Crippen LogP contribution >= 0.6 is 0 Å². The van der Waals surface area contributed by atoms with E-state index in [1.165, 1.54) is 56.6 Å². The maximum absolute atomic E-state index is 4.07. The van der Waals surface area contributed by atoms with Gasteiger partial charge in [0.2, 0.25) is 0 Å². The monoisotopic (exact) mass is 341 g/mol. The zero-order chi connectivity index (χ0) is 18.1. The third-order valence-corrected chi connectivity index (χ3v) is 5.29. The van der Waals surface area contributed by atoms with E-state index in [1.54, 1.807) is 0 Å². The highest BCUT2D eigenvalue weighted by atomic mass is 15.3. The highest BCUT2D eigenvalue weighted by molar-refractivity contribution is 5.32. The molecule has 138 valence electrons. The summed E-state index contributed by atoms with van der Waals surface area (Å²) in [7, 11) is 0. The van der Waals surface area contributed by atoms with E-state index in [2.05, 4.69) is 66.4 Å². The quantitative estimate of drug-likeness (QED) is 0.658. The van der Waals surface area contributed by atoms with Crippen LogP contribution in [-0.4, -0.2) is 42.6 Å². The second-order valence-electron chi connectivity index (χ2n) is 7.07. The summed E-state index contributed by atoms with van der Waals surface area (Å²) < 4.78 is 0. The largest absolute Gasteiger partial charge is 0.367 e. The lowest BCUT2D eigenvalue weighted by Gasteiger charge is -2.32. The SMILES string of the molecule is C=C/C=C1\C(=C)NCN1CCCN1CCC(CC(/C=C\C)=C/C)CC1. The molecule has 0 unspecified atom stereocenters. The minimum absolute atomic E-state index is 0.854. The normalized spacial score (nSPS) is 22.2. The van der Waals surface area contributed by atoms with Crippen LogP contribution in [0.4, 0.5) is 0 Å². The van der Waals surface area contributed by atoms with Gasteiger partial charge >= 0.3 is 0 Å². The lowest BCUT2D eigenvalue weighted by molar-refractivity contribution is 0.177. The molecule has 2 heterocycles. The molecule has 0 spiro atoms. The van der Waals surface area contributed by atoms with Crippen molar-refractivity contribution in [2.75, 3.05) is 32.8 Å². The number of likely N-dealkylation sites (tertiary alicyclic amines) is 1. The number of hydrogen-bond acceptors (Lipinski definition) is 3. The second kappa shape index (κ2) is 10.3. The predicted molar refractivity (Wildman–Crippen MR) is 109 cm³/mol. The lowest BCUT2D eigenvalue weighted by Crippen LogP contribution is -2.36. The number of nitrogens with one attached hydrogen (secondary N) is 1. The molecule has 0 aromatic rings. The molecule has 0 aliphatic carbocycles.